The Bertz CT molecular complexity index is 6150. The molecule has 0 saturated carbocycles. The molecule has 115 heavy (non-hydrogen) atoms. The molecule has 16 aromatic rings. The Hall–Kier alpha value is -14.4. The number of aldehydes is 1. The average molecular weight is 1550 g/mol. The fourth-order valence-electron chi connectivity index (χ4n) is 12.7. The molecule has 0 fully saturated rings. The second-order valence-corrected chi connectivity index (χ2v) is 29.5. The van der Waals surface area contributed by atoms with Crippen molar-refractivity contribution in [2.45, 2.75) is 85.5 Å². The topological polar surface area (TPSA) is 389 Å². The second-order valence-electron chi connectivity index (χ2n) is 29.5. The molecule has 29 nitrogen and oxygen atoms in total. The summed E-state index contributed by atoms with van der Waals surface area (Å²) >= 11 is 0. The van der Waals surface area contributed by atoms with Crippen molar-refractivity contribution < 1.29 is 27.5 Å². The Morgan fingerprint density at radius 3 is 1.10 bits per heavy atom. The van der Waals surface area contributed by atoms with Crippen LogP contribution in [0.25, 0.3) is 124 Å². The van der Waals surface area contributed by atoms with Gasteiger partial charge < -0.3 is 42.5 Å². The van der Waals surface area contributed by atoms with E-state index < -0.39 is 5.82 Å². The first kappa shape index (κ1) is 80.2. The number of nitrogens with one attached hydrogen (secondary N) is 1. The third-order valence-electron chi connectivity index (χ3n) is 17.9. The van der Waals surface area contributed by atoms with Gasteiger partial charge in [-0.25, -0.2) is 96.1 Å². The third-order valence-corrected chi connectivity index (χ3v) is 17.9. The number of aryl methyl sites for hydroxylation is 4. The predicted molar refractivity (Wildman–Crippen MR) is 435 cm³/mol. The lowest BCUT2D eigenvalue weighted by atomic mass is 10.0. The standard InChI is InChI=1S/2C24H23FN8.C14H19N5.C10H10FN3O.C10H8FN3O/c1-24(2,3)33-20-8-5-14(15-11-27-23(26)28-12-15)9-19(20)31-22(33)17-7-6-16(25)10-18(17)21-29-13-30-32(21)4;1-24(2,3)33-20-8-5-14(15-11-27-23(26)28-12-15)9-19(20)31-22(33)18-10-16(25)6-7-17(18)21-29-13-30-32(21)4;1-14(2,3)19-12-5-4-9(6-11(12)15)10-7-17-13(16)18-8-10;2*1-14-10(12-6-13-14)9-3-2-8(11)4-7(9)5-15/h2*5-13H,1-4H3,(H2,26,27,28);4-8,19H,15H2,1-3H3,(H2,16,17,18);2-4,6,15H,5H2,1H3;2-6H,1H3. The van der Waals surface area contributed by atoms with E-state index in [1.807, 2.05) is 61.6 Å². The molecule has 0 aliphatic carbocycles. The Labute approximate surface area is 658 Å². The molecule has 9 heterocycles. The lowest BCUT2D eigenvalue weighted by molar-refractivity contribution is 0.112. The highest BCUT2D eigenvalue weighted by Crippen LogP contribution is 2.41. The maximum Gasteiger partial charge on any atom is 0.219 e. The van der Waals surface area contributed by atoms with Crippen molar-refractivity contribution in [1.29, 1.82) is 0 Å². The number of imidazole rings is 2. The minimum Gasteiger partial charge on any atom is -0.397 e. The smallest absolute Gasteiger partial charge is 0.219 e. The monoisotopic (exact) mass is 1550 g/mol. The van der Waals surface area contributed by atoms with Crippen LogP contribution in [-0.4, -0.2) is 125 Å². The predicted octanol–water partition coefficient (Wildman–Crippen LogP) is 13.9. The minimum atomic E-state index is -0.442. The van der Waals surface area contributed by atoms with Crippen LogP contribution in [0.4, 0.5) is 46.8 Å². The van der Waals surface area contributed by atoms with E-state index in [1.165, 1.54) is 84.6 Å². The van der Waals surface area contributed by atoms with E-state index in [1.54, 1.807) is 90.6 Å². The van der Waals surface area contributed by atoms with Gasteiger partial charge >= 0.3 is 0 Å². The molecular weight excluding hydrogens is 1470 g/mol. The van der Waals surface area contributed by atoms with Gasteiger partial charge in [-0.15, -0.1) is 0 Å². The number of nitrogens with zero attached hydrogens (tertiary/aromatic N) is 22. The van der Waals surface area contributed by atoms with Gasteiger partial charge in [0.2, 0.25) is 17.8 Å². The Morgan fingerprint density at radius 1 is 0.383 bits per heavy atom. The number of aliphatic hydroxyl groups excluding tert-OH is 1. The first-order chi connectivity index (χ1) is 54.7. The highest BCUT2D eigenvalue weighted by molar-refractivity contribution is 5.91. The van der Waals surface area contributed by atoms with Crippen LogP contribution in [0.3, 0.4) is 0 Å². The van der Waals surface area contributed by atoms with Gasteiger partial charge in [0.15, 0.2) is 29.6 Å². The van der Waals surface area contributed by atoms with E-state index in [2.05, 4.69) is 147 Å². The summed E-state index contributed by atoms with van der Waals surface area (Å²) in [4.78, 5) is 61.8. The van der Waals surface area contributed by atoms with Crippen molar-refractivity contribution in [3.8, 4) is 102 Å². The lowest BCUT2D eigenvalue weighted by Crippen LogP contribution is -2.26. The number of hydrogen-bond donors (Lipinski definition) is 6. The van der Waals surface area contributed by atoms with Gasteiger partial charge in [0.05, 0.1) is 40.0 Å². The van der Waals surface area contributed by atoms with Crippen LogP contribution in [0.1, 0.15) is 78.2 Å². The maximum atomic E-state index is 14.5. The number of carbonyl (C=O) groups excluding carboxylic acids is 1. The van der Waals surface area contributed by atoms with Crippen molar-refractivity contribution in [2.24, 2.45) is 28.2 Å². The van der Waals surface area contributed by atoms with Crippen LogP contribution in [-0.2, 0) is 45.9 Å². The normalized spacial score (nSPS) is 11.4. The first-order valence-electron chi connectivity index (χ1n) is 35.8. The number of anilines is 5. The van der Waals surface area contributed by atoms with Crippen LogP contribution in [0.2, 0.25) is 0 Å². The molecule has 0 unspecified atom stereocenters. The van der Waals surface area contributed by atoms with Crippen LogP contribution >= 0.6 is 0 Å². The van der Waals surface area contributed by atoms with Gasteiger partial charge in [-0.05, 0) is 194 Å². The summed E-state index contributed by atoms with van der Waals surface area (Å²) < 4.78 is 65.2. The molecule has 0 spiro atoms. The summed E-state index contributed by atoms with van der Waals surface area (Å²) in [6, 6.07) is 35.4. The number of carbonyl (C=O) groups is 1. The SMILES string of the molecule is CC(C)(C)Nc1ccc(-c2cnc(N)nc2)cc1N.Cn1ncnc1-c1cc(F)ccc1-c1nc2cc(-c3cnc(N)nc3)ccc2n1C(C)(C)C.Cn1ncnc1-c1ccc(F)cc1-c1nc2cc(-c3cnc(N)nc3)ccc2n1C(C)(C)C.Cn1ncnc1-c1ccc(F)cc1C=O.Cn1ncnc1-c1ccc(F)cc1CO. The number of aliphatic hydroxyl groups is 1. The van der Waals surface area contributed by atoms with Crippen molar-refractivity contribution in [3.05, 3.63) is 224 Å². The highest BCUT2D eigenvalue weighted by Gasteiger charge is 2.29. The van der Waals surface area contributed by atoms with Gasteiger partial charge in [0.25, 0.3) is 0 Å². The minimum absolute atomic E-state index is 0.0278. The summed E-state index contributed by atoms with van der Waals surface area (Å²) in [5, 5.41) is 28.6. The largest absolute Gasteiger partial charge is 0.397 e. The Kier molecular flexibility index (Phi) is 23.2. The lowest BCUT2D eigenvalue weighted by Gasteiger charge is -2.25. The number of nitrogens with two attached hydrogens (primary N) is 4. The summed E-state index contributed by atoms with van der Waals surface area (Å²) in [5.74, 6) is 2.94. The molecule has 33 heteroatoms. The van der Waals surface area contributed by atoms with Crippen LogP contribution in [0.15, 0.2) is 190 Å². The van der Waals surface area contributed by atoms with E-state index in [9.17, 15) is 22.4 Å². The first-order valence-corrected chi connectivity index (χ1v) is 35.8. The number of hydrogen-bond acceptors (Lipinski definition) is 23. The molecule has 0 radical (unpaired) electrons. The fourth-order valence-corrected chi connectivity index (χ4v) is 12.7. The molecule has 0 amide bonds. The van der Waals surface area contributed by atoms with Gasteiger partial charge in [0, 0.05) is 138 Å². The highest BCUT2D eigenvalue weighted by atomic mass is 19.1. The Balaban J connectivity index is 0.000000139. The molecule has 0 aliphatic heterocycles. The zero-order valence-corrected chi connectivity index (χ0v) is 65.2. The van der Waals surface area contributed by atoms with Crippen molar-refractivity contribution in [2.75, 3.05) is 28.3 Å². The molecule has 0 aliphatic rings. The molecule has 10 N–H and O–H groups in total. The van der Waals surface area contributed by atoms with Gasteiger partial charge in [0.1, 0.15) is 60.2 Å². The number of fused-ring (bicyclic) bond motifs is 2. The van der Waals surface area contributed by atoms with Crippen molar-refractivity contribution >= 4 is 57.6 Å². The molecule has 9 aromatic heterocycles. The van der Waals surface area contributed by atoms with Crippen molar-refractivity contribution in [3.63, 3.8) is 0 Å². The van der Waals surface area contributed by atoms with E-state index in [4.69, 9.17) is 38.0 Å². The molecular formula is C82H83F4N27O2. The summed E-state index contributed by atoms with van der Waals surface area (Å²) in [5.41, 5.74) is 37.5. The van der Waals surface area contributed by atoms with E-state index in [0.29, 0.717) is 68.9 Å². The van der Waals surface area contributed by atoms with Crippen LogP contribution in [0.5, 0.6) is 0 Å². The van der Waals surface area contributed by atoms with E-state index in [0.717, 1.165) is 78.1 Å². The van der Waals surface area contributed by atoms with Gasteiger partial charge in [-0.1, -0.05) is 18.2 Å². The van der Waals surface area contributed by atoms with Gasteiger partial charge in [-0.2, -0.15) is 20.4 Å². The third kappa shape index (κ3) is 18.3. The number of aromatic nitrogens is 22. The number of rotatable bonds is 12. The van der Waals surface area contributed by atoms with E-state index in [-0.39, 0.29) is 64.1 Å². The van der Waals surface area contributed by atoms with E-state index >= 15 is 0 Å². The average Bonchev–Trinajstić information content (AvgIpc) is 1.60. The molecule has 0 saturated heterocycles. The summed E-state index contributed by atoms with van der Waals surface area (Å²) in [6.07, 6.45) is 16.5. The fraction of sp³-hybridized carbons (Fsp3) is 0.207. The number of benzene rings is 7. The Morgan fingerprint density at radius 2 is 0.722 bits per heavy atom. The summed E-state index contributed by atoms with van der Waals surface area (Å²) in [6.45, 7) is 18.7. The molecule has 16 rings (SSSR count). The van der Waals surface area contributed by atoms with Gasteiger partial charge in [-0.3, -0.25) is 4.79 Å². The quantitative estimate of drug-likeness (QED) is 0.0376. The molecule has 7 aromatic carbocycles. The van der Waals surface area contributed by atoms with Crippen LogP contribution in [0, 0.1) is 23.3 Å². The molecule has 586 valence electrons. The zero-order chi connectivity index (χ0) is 82.4. The zero-order valence-electron chi connectivity index (χ0n) is 65.2. The van der Waals surface area contributed by atoms with Crippen molar-refractivity contribution in [1.82, 2.24) is 108 Å². The molecule has 0 bridgehead atoms. The van der Waals surface area contributed by atoms with Crippen LogP contribution < -0.4 is 28.3 Å². The number of nitrogen functional groups attached to an aromatic ring is 4. The second kappa shape index (κ2) is 33.3. The summed E-state index contributed by atoms with van der Waals surface area (Å²) in [7, 11) is 7.04. The maximum absolute atomic E-state index is 14.5. The number of halogens is 4. The molecule has 0 atom stereocenters.